The van der Waals surface area contributed by atoms with Crippen molar-refractivity contribution in [1.82, 2.24) is 0 Å². The van der Waals surface area contributed by atoms with E-state index in [4.69, 9.17) is 4.74 Å². The van der Waals surface area contributed by atoms with Crippen molar-refractivity contribution >= 4 is 11.9 Å². The molecule has 8 atom stereocenters. The highest BCUT2D eigenvalue weighted by Gasteiger charge is 2.64. The second-order valence-electron chi connectivity index (χ2n) is 14.2. The van der Waals surface area contributed by atoms with Gasteiger partial charge in [-0.15, -0.1) is 0 Å². The molecule has 4 aliphatic carbocycles. The Morgan fingerprint density at radius 2 is 1.65 bits per heavy atom. The lowest BCUT2D eigenvalue weighted by Crippen LogP contribution is -2.56. The van der Waals surface area contributed by atoms with Crippen LogP contribution in [0.25, 0.3) is 0 Å². The van der Waals surface area contributed by atoms with Gasteiger partial charge in [-0.1, -0.05) is 57.9 Å². The molecular formula is C32H50O5. The van der Waals surface area contributed by atoms with E-state index < -0.39 is 18.0 Å². The van der Waals surface area contributed by atoms with E-state index in [1.54, 1.807) is 18.1 Å². The van der Waals surface area contributed by atoms with E-state index in [-0.39, 0.29) is 39.7 Å². The lowest BCUT2D eigenvalue weighted by atomic mass is 9.43. The Morgan fingerprint density at radius 3 is 2.24 bits per heavy atom. The maximum absolute atomic E-state index is 12.5. The molecule has 0 heterocycles. The number of carboxylic acids is 1. The van der Waals surface area contributed by atoms with Crippen LogP contribution in [-0.4, -0.2) is 34.4 Å². The number of esters is 1. The number of hydrogen-bond acceptors (Lipinski definition) is 4. The molecule has 37 heavy (non-hydrogen) atoms. The number of rotatable bonds is 7. The van der Waals surface area contributed by atoms with Gasteiger partial charge in [-0.2, -0.15) is 0 Å². The summed E-state index contributed by atoms with van der Waals surface area (Å²) in [6, 6.07) is 0. The molecule has 5 heteroatoms. The summed E-state index contributed by atoms with van der Waals surface area (Å²) in [5.74, 6) is -0.752. The monoisotopic (exact) mass is 514 g/mol. The van der Waals surface area contributed by atoms with E-state index in [1.807, 2.05) is 0 Å². The van der Waals surface area contributed by atoms with Crippen LogP contribution < -0.4 is 0 Å². The standard InChI is InChI=1S/C32H50O5/c1-19(2)25(34)11-9-21(28(35)36)22-13-17-32(8)24-10-12-26-29(4,5)27(37-20(3)33)15-16-30(26,6)23(24)14-18-31(22,32)7/h21-22,25-27,34H,1,9-18H2,2-8H3,(H,35,36)/t21-,22-,25-,26+,27-,30-,31-,32+/m1/s1. The summed E-state index contributed by atoms with van der Waals surface area (Å²) in [5, 5.41) is 20.6. The molecule has 208 valence electrons. The van der Waals surface area contributed by atoms with Crippen LogP contribution in [-0.2, 0) is 14.3 Å². The minimum absolute atomic E-state index is 0.0107. The van der Waals surface area contributed by atoms with Gasteiger partial charge < -0.3 is 14.9 Å². The Kier molecular flexibility index (Phi) is 7.32. The predicted octanol–water partition coefficient (Wildman–Crippen LogP) is 7.09. The smallest absolute Gasteiger partial charge is 0.306 e. The predicted molar refractivity (Wildman–Crippen MR) is 146 cm³/mol. The van der Waals surface area contributed by atoms with Crippen LogP contribution in [0.2, 0.25) is 0 Å². The zero-order valence-electron chi connectivity index (χ0n) is 24.3. The summed E-state index contributed by atoms with van der Waals surface area (Å²) in [6.07, 6.45) is 8.45. The average Bonchev–Trinajstić information content (AvgIpc) is 3.07. The van der Waals surface area contributed by atoms with E-state index in [1.165, 1.54) is 6.92 Å². The van der Waals surface area contributed by atoms with Gasteiger partial charge in [0.2, 0.25) is 0 Å². The third kappa shape index (κ3) is 4.32. The first-order valence-electron chi connectivity index (χ1n) is 14.6. The number of carbonyl (C=O) groups is 2. The summed E-state index contributed by atoms with van der Waals surface area (Å²) in [6.45, 7) is 19.0. The Hall–Kier alpha value is -1.62. The molecule has 5 nitrogen and oxygen atoms in total. The maximum Gasteiger partial charge on any atom is 0.306 e. The minimum Gasteiger partial charge on any atom is -0.481 e. The highest BCUT2D eigenvalue weighted by molar-refractivity contribution is 5.70. The molecule has 0 radical (unpaired) electrons. The van der Waals surface area contributed by atoms with Crippen molar-refractivity contribution in [3.05, 3.63) is 23.3 Å². The Labute approximate surface area is 224 Å². The van der Waals surface area contributed by atoms with Gasteiger partial charge in [0.25, 0.3) is 0 Å². The molecule has 0 aromatic rings. The molecule has 2 N–H and O–H groups in total. The molecule has 0 amide bonds. The zero-order valence-corrected chi connectivity index (χ0v) is 24.3. The van der Waals surface area contributed by atoms with Gasteiger partial charge in [0, 0.05) is 12.3 Å². The van der Waals surface area contributed by atoms with Crippen molar-refractivity contribution in [3.63, 3.8) is 0 Å². The molecule has 4 rings (SSSR count). The lowest BCUT2D eigenvalue weighted by molar-refractivity contribution is -0.167. The number of aliphatic hydroxyl groups excluding tert-OH is 1. The van der Waals surface area contributed by atoms with Gasteiger partial charge >= 0.3 is 11.9 Å². The van der Waals surface area contributed by atoms with Crippen molar-refractivity contribution in [2.75, 3.05) is 0 Å². The summed E-state index contributed by atoms with van der Waals surface area (Å²) in [7, 11) is 0. The summed E-state index contributed by atoms with van der Waals surface area (Å²) in [4.78, 5) is 24.4. The fourth-order valence-electron chi connectivity index (χ4n) is 9.84. The van der Waals surface area contributed by atoms with Crippen molar-refractivity contribution < 1.29 is 24.5 Å². The van der Waals surface area contributed by atoms with Gasteiger partial charge in [-0.05, 0) is 99.2 Å². The number of allylic oxidation sites excluding steroid dienone is 2. The second-order valence-corrected chi connectivity index (χ2v) is 14.2. The van der Waals surface area contributed by atoms with Crippen molar-refractivity contribution in [1.29, 1.82) is 0 Å². The molecule has 4 aliphatic rings. The van der Waals surface area contributed by atoms with E-state index in [0.29, 0.717) is 24.3 Å². The largest absolute Gasteiger partial charge is 0.481 e. The number of hydrogen-bond donors (Lipinski definition) is 2. The first-order chi connectivity index (χ1) is 17.1. The van der Waals surface area contributed by atoms with Crippen LogP contribution in [0.5, 0.6) is 0 Å². The van der Waals surface area contributed by atoms with Crippen LogP contribution in [0.15, 0.2) is 23.3 Å². The summed E-state index contributed by atoms with van der Waals surface area (Å²) in [5.41, 5.74) is 3.95. The van der Waals surface area contributed by atoms with Crippen LogP contribution in [0.4, 0.5) is 0 Å². The van der Waals surface area contributed by atoms with E-state index in [2.05, 4.69) is 41.2 Å². The van der Waals surface area contributed by atoms with Gasteiger partial charge in [0.15, 0.2) is 0 Å². The molecule has 2 saturated carbocycles. The number of ether oxygens (including phenoxy) is 1. The number of carboxylic acid groups (broad SMARTS) is 1. The number of fused-ring (bicyclic) bond motifs is 4. The number of carbonyl (C=O) groups excluding carboxylic acids is 1. The first-order valence-corrected chi connectivity index (χ1v) is 14.6. The second kappa shape index (κ2) is 9.54. The Bertz CT molecular complexity index is 993. The molecule has 0 unspecified atom stereocenters. The fourth-order valence-corrected chi connectivity index (χ4v) is 9.84. The Balaban J connectivity index is 1.65. The van der Waals surface area contributed by atoms with Crippen LogP contribution in [0.1, 0.15) is 113 Å². The highest BCUT2D eigenvalue weighted by Crippen LogP contribution is 2.72. The van der Waals surface area contributed by atoms with Crippen LogP contribution in [0, 0.1) is 39.4 Å². The fraction of sp³-hybridized carbons (Fsp3) is 0.812. The van der Waals surface area contributed by atoms with Gasteiger partial charge in [0.1, 0.15) is 6.10 Å². The van der Waals surface area contributed by atoms with Gasteiger partial charge in [0.05, 0.1) is 12.0 Å². The number of aliphatic hydroxyl groups is 1. The SMILES string of the molecule is C=C(C)[C@H](O)CC[C@@H](C(=O)O)[C@H]1CC[C@@]2(C)C3=C(CC[C@]12C)[C@@]1(C)CC[C@@H](OC(C)=O)C(C)(C)[C@@H]1CC3. The van der Waals surface area contributed by atoms with Crippen molar-refractivity contribution in [2.45, 2.75) is 125 Å². The minimum atomic E-state index is -0.717. The zero-order chi connectivity index (χ0) is 27.6. The van der Waals surface area contributed by atoms with Crippen molar-refractivity contribution in [2.24, 2.45) is 39.4 Å². The normalized spacial score (nSPS) is 40.2. The van der Waals surface area contributed by atoms with Gasteiger partial charge in [-0.25, -0.2) is 0 Å². The third-order valence-corrected chi connectivity index (χ3v) is 12.2. The first kappa shape index (κ1) is 28.4. The topological polar surface area (TPSA) is 83.8 Å². The molecule has 0 aromatic carbocycles. The van der Waals surface area contributed by atoms with Crippen molar-refractivity contribution in [3.8, 4) is 0 Å². The van der Waals surface area contributed by atoms with E-state index in [0.717, 1.165) is 51.4 Å². The third-order valence-electron chi connectivity index (χ3n) is 12.2. The lowest BCUT2D eigenvalue weighted by Gasteiger charge is -2.62. The van der Waals surface area contributed by atoms with Crippen LogP contribution in [0.3, 0.4) is 0 Å². The molecule has 0 saturated heterocycles. The molecular weight excluding hydrogens is 464 g/mol. The number of aliphatic carboxylic acids is 1. The van der Waals surface area contributed by atoms with Gasteiger partial charge in [-0.3, -0.25) is 9.59 Å². The molecule has 0 aliphatic heterocycles. The van der Waals surface area contributed by atoms with Crippen LogP contribution >= 0.6 is 0 Å². The summed E-state index contributed by atoms with van der Waals surface area (Å²) >= 11 is 0. The molecule has 0 spiro atoms. The maximum atomic E-state index is 12.5. The summed E-state index contributed by atoms with van der Waals surface area (Å²) < 4.78 is 5.83. The quantitative estimate of drug-likeness (QED) is 0.280. The molecule has 2 fully saturated rings. The van der Waals surface area contributed by atoms with E-state index in [9.17, 15) is 19.8 Å². The Morgan fingerprint density at radius 1 is 0.973 bits per heavy atom. The highest BCUT2D eigenvalue weighted by atomic mass is 16.5. The molecule has 0 aromatic heterocycles. The molecule has 0 bridgehead atoms. The average molecular weight is 515 g/mol. The van der Waals surface area contributed by atoms with E-state index >= 15 is 0 Å².